The molecule has 0 bridgehead atoms. The van der Waals surface area contributed by atoms with E-state index in [9.17, 15) is 25.2 Å². The topological polar surface area (TPSA) is 119 Å². The molecule has 7 nitrogen and oxygen atoms in total. The molecule has 3 N–H and O–H groups in total. The molecule has 0 unspecified atom stereocenters. The van der Waals surface area contributed by atoms with Gasteiger partial charge in [0.25, 0.3) is 0 Å². The van der Waals surface area contributed by atoms with Crippen LogP contribution in [0.15, 0.2) is 0 Å². The van der Waals surface area contributed by atoms with Gasteiger partial charge in [0.1, 0.15) is 24.4 Å². The van der Waals surface area contributed by atoms with E-state index in [4.69, 9.17) is 9.47 Å². The van der Waals surface area contributed by atoms with Crippen molar-refractivity contribution in [1.82, 2.24) is 0 Å². The molecule has 0 aromatic carbocycles. The van der Waals surface area contributed by atoms with Gasteiger partial charge in [0.2, 0.25) is 0 Å². The average Bonchev–Trinajstić information content (AvgIpc) is 2.87. The second-order valence-corrected chi connectivity index (χ2v) is 6.77. The average molecular weight is 384 g/mol. The Hall–Kier alpha value is 0.270. The predicted molar refractivity (Wildman–Crippen MR) is 89.5 cm³/mol. The maximum atomic E-state index is 10.6. The molecule has 1 heterocycles. The number of carbonyl (C=O) groups is 1. The van der Waals surface area contributed by atoms with Crippen molar-refractivity contribution in [3.05, 3.63) is 0 Å². The molecule has 8 heteroatoms. The van der Waals surface area contributed by atoms with Crippen LogP contribution >= 0.6 is 0 Å². The second kappa shape index (κ2) is 15.2. The number of rotatable bonds is 14. The van der Waals surface area contributed by atoms with E-state index in [2.05, 4.69) is 6.92 Å². The van der Waals surface area contributed by atoms with Gasteiger partial charge in [-0.25, -0.2) is 0 Å². The maximum Gasteiger partial charge on any atom is 1.00 e. The van der Waals surface area contributed by atoms with E-state index in [1.807, 2.05) is 0 Å². The van der Waals surface area contributed by atoms with E-state index in [0.29, 0.717) is 6.61 Å². The first kappa shape index (κ1) is 26.3. The number of hydrogen-bond donors (Lipinski definition) is 3. The van der Waals surface area contributed by atoms with E-state index in [-0.39, 0.29) is 29.6 Å². The van der Waals surface area contributed by atoms with Gasteiger partial charge in [-0.3, -0.25) is 0 Å². The summed E-state index contributed by atoms with van der Waals surface area (Å²) in [5.74, 6) is -1.76. The van der Waals surface area contributed by atoms with E-state index in [1.165, 1.54) is 44.9 Å². The molecule has 1 saturated heterocycles. The van der Waals surface area contributed by atoms with Gasteiger partial charge >= 0.3 is 29.6 Å². The third kappa shape index (κ3) is 9.46. The monoisotopic (exact) mass is 384 g/mol. The van der Waals surface area contributed by atoms with Gasteiger partial charge in [-0.15, -0.1) is 0 Å². The van der Waals surface area contributed by atoms with Crippen LogP contribution in [0.4, 0.5) is 0 Å². The number of aliphatic hydroxyl groups is 3. The fourth-order valence-electron chi connectivity index (χ4n) is 2.99. The van der Waals surface area contributed by atoms with Crippen molar-refractivity contribution in [3.63, 3.8) is 0 Å². The van der Waals surface area contributed by atoms with Crippen molar-refractivity contribution < 1.29 is 64.3 Å². The SMILES string of the molecule is CCCCCCCCCCCCO[C@@H]1O[C@@H]([C@H](O)C(=O)[O-])[C@H](O)[C@H]1O.[Na+]. The summed E-state index contributed by atoms with van der Waals surface area (Å²) in [7, 11) is 0. The van der Waals surface area contributed by atoms with Gasteiger partial charge in [0.05, 0.1) is 5.97 Å². The van der Waals surface area contributed by atoms with Gasteiger partial charge in [-0.05, 0) is 6.42 Å². The molecule has 0 saturated carbocycles. The first-order valence-electron chi connectivity index (χ1n) is 9.51. The summed E-state index contributed by atoms with van der Waals surface area (Å²) in [4.78, 5) is 10.6. The van der Waals surface area contributed by atoms with E-state index < -0.39 is 36.7 Å². The number of aliphatic hydroxyl groups excluding tert-OH is 3. The summed E-state index contributed by atoms with van der Waals surface area (Å²) in [5.41, 5.74) is 0. The van der Waals surface area contributed by atoms with Gasteiger partial charge < -0.3 is 34.7 Å². The van der Waals surface area contributed by atoms with E-state index in [0.717, 1.165) is 19.3 Å². The first-order valence-corrected chi connectivity index (χ1v) is 9.51. The fourth-order valence-corrected chi connectivity index (χ4v) is 2.99. The van der Waals surface area contributed by atoms with Crippen molar-refractivity contribution in [1.29, 1.82) is 0 Å². The Morgan fingerprint density at radius 2 is 1.50 bits per heavy atom. The Morgan fingerprint density at radius 3 is 2.00 bits per heavy atom. The predicted octanol–water partition coefficient (Wildman–Crippen LogP) is -2.51. The molecule has 1 aliphatic heterocycles. The maximum absolute atomic E-state index is 10.6. The summed E-state index contributed by atoms with van der Waals surface area (Å²) < 4.78 is 10.5. The summed E-state index contributed by atoms with van der Waals surface area (Å²) in [6.45, 7) is 2.56. The van der Waals surface area contributed by atoms with Crippen LogP contribution < -0.4 is 34.7 Å². The number of unbranched alkanes of at least 4 members (excludes halogenated alkanes) is 9. The Bertz CT molecular complexity index is 369. The molecule has 1 aliphatic rings. The molecular formula is C18H33NaO7. The molecule has 1 rings (SSSR count). The minimum Gasteiger partial charge on any atom is -0.547 e. The smallest absolute Gasteiger partial charge is 0.547 e. The number of hydrogen-bond acceptors (Lipinski definition) is 7. The van der Waals surface area contributed by atoms with Crippen LogP contribution in [-0.2, 0) is 14.3 Å². The van der Waals surface area contributed by atoms with Crippen LogP contribution in [0.3, 0.4) is 0 Å². The van der Waals surface area contributed by atoms with E-state index in [1.54, 1.807) is 0 Å². The minimum absolute atomic E-state index is 0. The van der Waals surface area contributed by atoms with Gasteiger partial charge in [-0.1, -0.05) is 64.7 Å². The summed E-state index contributed by atoms with van der Waals surface area (Å²) >= 11 is 0. The number of aliphatic carboxylic acids is 1. The normalized spacial score (nSPS) is 26.5. The Morgan fingerprint density at radius 1 is 1.00 bits per heavy atom. The van der Waals surface area contributed by atoms with Crippen molar-refractivity contribution in [3.8, 4) is 0 Å². The Kier molecular flexibility index (Phi) is 15.4. The molecule has 0 amide bonds. The van der Waals surface area contributed by atoms with Crippen LogP contribution in [0, 0.1) is 0 Å². The molecule has 0 aromatic rings. The van der Waals surface area contributed by atoms with Gasteiger partial charge in [0.15, 0.2) is 6.29 Å². The van der Waals surface area contributed by atoms with Crippen molar-refractivity contribution in [2.75, 3.05) is 6.61 Å². The quantitative estimate of drug-likeness (QED) is 0.223. The Balaban J connectivity index is 0.00000625. The molecule has 0 spiro atoms. The minimum atomic E-state index is -2.00. The van der Waals surface area contributed by atoms with Crippen molar-refractivity contribution >= 4 is 5.97 Å². The molecule has 0 radical (unpaired) electrons. The number of carboxylic acids is 1. The largest absolute Gasteiger partial charge is 1.00 e. The van der Waals surface area contributed by atoms with Crippen molar-refractivity contribution in [2.45, 2.75) is 102 Å². The molecule has 148 valence electrons. The number of carboxylic acid groups (broad SMARTS) is 1. The standard InChI is InChI=1S/C18H34O7.Na/c1-2-3-4-5-6-7-8-9-10-11-12-24-18-14(20)13(19)16(25-18)15(21)17(22)23;/h13-16,18-21H,2-12H2,1H3,(H,22,23);/q;+1/p-1/t13-,14-,15+,16-,18-;/m1./s1. The summed E-state index contributed by atoms with van der Waals surface area (Å²) in [6, 6.07) is 0. The van der Waals surface area contributed by atoms with Crippen LogP contribution in [0.25, 0.3) is 0 Å². The molecule has 5 atom stereocenters. The van der Waals surface area contributed by atoms with Crippen molar-refractivity contribution in [2.24, 2.45) is 0 Å². The number of carbonyl (C=O) groups excluding carboxylic acids is 1. The summed E-state index contributed by atoms with van der Waals surface area (Å²) in [6.07, 6.45) is 4.41. The molecular weight excluding hydrogens is 351 g/mol. The second-order valence-electron chi connectivity index (χ2n) is 6.77. The molecule has 26 heavy (non-hydrogen) atoms. The zero-order valence-electron chi connectivity index (χ0n) is 16.1. The first-order chi connectivity index (χ1) is 12.0. The van der Waals surface area contributed by atoms with Crippen LogP contribution in [-0.4, -0.2) is 58.6 Å². The molecule has 0 aliphatic carbocycles. The van der Waals surface area contributed by atoms with Crippen LogP contribution in [0.1, 0.15) is 71.1 Å². The van der Waals surface area contributed by atoms with Gasteiger partial charge in [-0.2, -0.15) is 0 Å². The van der Waals surface area contributed by atoms with E-state index >= 15 is 0 Å². The molecule has 1 fully saturated rings. The fraction of sp³-hybridized carbons (Fsp3) is 0.944. The Labute approximate surface area is 178 Å². The van der Waals surface area contributed by atoms with Crippen LogP contribution in [0.5, 0.6) is 0 Å². The van der Waals surface area contributed by atoms with Crippen LogP contribution in [0.2, 0.25) is 0 Å². The zero-order valence-corrected chi connectivity index (χ0v) is 18.1. The zero-order chi connectivity index (χ0) is 18.7. The summed E-state index contributed by atoms with van der Waals surface area (Å²) in [5, 5.41) is 39.5. The molecule has 0 aromatic heterocycles. The third-order valence-electron chi connectivity index (χ3n) is 4.59. The number of ether oxygens (including phenoxy) is 2. The van der Waals surface area contributed by atoms with Gasteiger partial charge in [0, 0.05) is 6.61 Å². The third-order valence-corrected chi connectivity index (χ3v) is 4.59.